The van der Waals surface area contributed by atoms with Crippen LogP contribution in [0.25, 0.3) is 6.08 Å². The zero-order chi connectivity index (χ0) is 16.2. The Morgan fingerprint density at radius 1 is 1.32 bits per heavy atom. The second-order valence-corrected chi connectivity index (χ2v) is 6.61. The van der Waals surface area contributed by atoms with Crippen LogP contribution in [0.3, 0.4) is 0 Å². The van der Waals surface area contributed by atoms with Crippen molar-refractivity contribution in [2.45, 2.75) is 4.90 Å². The zero-order valence-corrected chi connectivity index (χ0v) is 12.9. The summed E-state index contributed by atoms with van der Waals surface area (Å²) in [4.78, 5) is 24.8. The van der Waals surface area contributed by atoms with E-state index in [9.17, 15) is 18.0 Å². The molecule has 0 spiro atoms. The van der Waals surface area contributed by atoms with Crippen LogP contribution in [0.1, 0.15) is 5.56 Å². The van der Waals surface area contributed by atoms with E-state index >= 15 is 0 Å². The maximum atomic E-state index is 11.9. The van der Waals surface area contributed by atoms with E-state index in [-0.39, 0.29) is 23.3 Å². The molecule has 1 heterocycles. The van der Waals surface area contributed by atoms with Gasteiger partial charge >= 0.3 is 0 Å². The van der Waals surface area contributed by atoms with E-state index in [1.54, 1.807) is 18.2 Å². The molecule has 0 aliphatic carbocycles. The summed E-state index contributed by atoms with van der Waals surface area (Å²) in [6, 6.07) is 6.14. The molecule has 1 saturated heterocycles. The lowest BCUT2D eigenvalue weighted by atomic mass is 10.2. The average Bonchev–Trinajstić information content (AvgIpc) is 2.53. The fourth-order valence-electron chi connectivity index (χ4n) is 1.98. The Morgan fingerprint density at radius 2 is 2.00 bits per heavy atom. The van der Waals surface area contributed by atoms with Gasteiger partial charge in [-0.05, 0) is 30.8 Å². The van der Waals surface area contributed by atoms with Crippen LogP contribution in [-0.4, -0.2) is 51.8 Å². The van der Waals surface area contributed by atoms with Crippen molar-refractivity contribution >= 4 is 27.9 Å². The number of hydrogen-bond acceptors (Lipinski definition) is 4. The maximum absolute atomic E-state index is 11.9. The average molecular weight is 323 g/mol. The van der Waals surface area contributed by atoms with Gasteiger partial charge in [-0.25, -0.2) is 13.1 Å². The van der Waals surface area contributed by atoms with Gasteiger partial charge in [0.15, 0.2) is 0 Å². The molecule has 1 aromatic rings. The molecule has 0 unspecified atom stereocenters. The third kappa shape index (κ3) is 3.92. The number of sulfonamides is 1. The summed E-state index contributed by atoms with van der Waals surface area (Å²) in [5.41, 5.74) is 0.699. The number of carbonyl (C=O) groups excluding carboxylic acids is 2. The van der Waals surface area contributed by atoms with Crippen molar-refractivity contribution in [2.24, 2.45) is 0 Å². The van der Waals surface area contributed by atoms with E-state index in [2.05, 4.69) is 10.0 Å². The van der Waals surface area contributed by atoms with Gasteiger partial charge in [-0.15, -0.1) is 0 Å². The van der Waals surface area contributed by atoms with E-state index < -0.39 is 10.0 Å². The van der Waals surface area contributed by atoms with Gasteiger partial charge in [-0.2, -0.15) is 0 Å². The van der Waals surface area contributed by atoms with E-state index in [0.29, 0.717) is 18.7 Å². The molecule has 118 valence electrons. The van der Waals surface area contributed by atoms with E-state index in [0.717, 1.165) is 0 Å². The van der Waals surface area contributed by atoms with Crippen LogP contribution in [0.15, 0.2) is 35.2 Å². The molecule has 0 radical (unpaired) electrons. The summed E-state index contributed by atoms with van der Waals surface area (Å²) >= 11 is 0. The minimum absolute atomic E-state index is 0.0581. The van der Waals surface area contributed by atoms with E-state index in [1.807, 2.05) is 0 Å². The molecule has 0 aromatic heterocycles. The quantitative estimate of drug-likeness (QED) is 0.735. The Balaban J connectivity index is 2.04. The van der Waals surface area contributed by atoms with Gasteiger partial charge in [0, 0.05) is 19.2 Å². The predicted octanol–water partition coefficient (Wildman–Crippen LogP) is -0.434. The molecule has 2 rings (SSSR count). The van der Waals surface area contributed by atoms with Crippen molar-refractivity contribution in [1.82, 2.24) is 14.9 Å². The topological polar surface area (TPSA) is 95.6 Å². The molecule has 0 atom stereocenters. The standard InChI is InChI=1S/C14H17N3O4S/c1-15-22(20,21)12-5-2-11(3-6-12)4-7-14(19)17-9-8-16-13(18)10-17/h2-7,15H,8-10H2,1H3,(H,16,18)/b7-4+. The van der Waals surface area contributed by atoms with Crippen LogP contribution in [0.4, 0.5) is 0 Å². The Morgan fingerprint density at radius 3 is 2.59 bits per heavy atom. The van der Waals surface area contributed by atoms with Crippen molar-refractivity contribution in [1.29, 1.82) is 0 Å². The lowest BCUT2D eigenvalue weighted by molar-refractivity contribution is -0.134. The Labute approximate surface area is 129 Å². The molecule has 0 bridgehead atoms. The van der Waals surface area contributed by atoms with Gasteiger partial charge in [0.2, 0.25) is 21.8 Å². The second kappa shape index (κ2) is 6.71. The van der Waals surface area contributed by atoms with Crippen molar-refractivity contribution < 1.29 is 18.0 Å². The molecule has 1 fully saturated rings. The van der Waals surface area contributed by atoms with Crippen LogP contribution in [0.5, 0.6) is 0 Å². The van der Waals surface area contributed by atoms with Crippen LogP contribution in [-0.2, 0) is 19.6 Å². The van der Waals surface area contributed by atoms with Gasteiger partial charge in [0.1, 0.15) is 0 Å². The SMILES string of the molecule is CNS(=O)(=O)c1ccc(/C=C/C(=O)N2CCNC(=O)C2)cc1. The molecule has 2 N–H and O–H groups in total. The molecule has 7 nitrogen and oxygen atoms in total. The summed E-state index contributed by atoms with van der Waals surface area (Å²) in [6.07, 6.45) is 2.96. The molecular formula is C14H17N3O4S. The molecule has 0 saturated carbocycles. The normalized spacial score (nSPS) is 15.9. The second-order valence-electron chi connectivity index (χ2n) is 4.72. The van der Waals surface area contributed by atoms with Crippen molar-refractivity contribution in [3.63, 3.8) is 0 Å². The number of hydrogen-bond donors (Lipinski definition) is 2. The zero-order valence-electron chi connectivity index (χ0n) is 12.1. The monoisotopic (exact) mass is 323 g/mol. The fraction of sp³-hybridized carbons (Fsp3) is 0.286. The lowest BCUT2D eigenvalue weighted by Gasteiger charge is -2.25. The Kier molecular flexibility index (Phi) is 4.94. The number of nitrogens with one attached hydrogen (secondary N) is 2. The number of nitrogens with zero attached hydrogens (tertiary/aromatic N) is 1. The summed E-state index contributed by atoms with van der Waals surface area (Å²) in [5.74, 6) is -0.420. The number of carbonyl (C=O) groups is 2. The molecule has 1 aromatic carbocycles. The minimum Gasteiger partial charge on any atom is -0.353 e. The van der Waals surface area contributed by atoms with Gasteiger partial charge < -0.3 is 10.2 Å². The maximum Gasteiger partial charge on any atom is 0.247 e. The van der Waals surface area contributed by atoms with Gasteiger partial charge in [0.05, 0.1) is 11.4 Å². The Hall–Kier alpha value is -2.19. The largest absolute Gasteiger partial charge is 0.353 e. The van der Waals surface area contributed by atoms with Crippen LogP contribution < -0.4 is 10.0 Å². The van der Waals surface area contributed by atoms with Crippen LogP contribution in [0, 0.1) is 0 Å². The number of rotatable bonds is 4. The summed E-state index contributed by atoms with van der Waals surface area (Å²) in [6.45, 7) is 0.992. The summed E-state index contributed by atoms with van der Waals surface area (Å²) in [7, 11) is -2.12. The molecule has 8 heteroatoms. The molecular weight excluding hydrogens is 306 g/mol. The lowest BCUT2D eigenvalue weighted by Crippen LogP contribution is -2.49. The highest BCUT2D eigenvalue weighted by molar-refractivity contribution is 7.89. The fourth-order valence-corrected chi connectivity index (χ4v) is 2.71. The highest BCUT2D eigenvalue weighted by atomic mass is 32.2. The third-order valence-electron chi connectivity index (χ3n) is 3.23. The molecule has 1 aliphatic rings. The van der Waals surface area contributed by atoms with Crippen LogP contribution in [0.2, 0.25) is 0 Å². The first-order valence-corrected chi connectivity index (χ1v) is 8.18. The number of piperazine rings is 1. The first-order chi connectivity index (χ1) is 10.4. The summed E-state index contributed by atoms with van der Waals surface area (Å²) < 4.78 is 25.4. The first-order valence-electron chi connectivity index (χ1n) is 6.70. The van der Waals surface area contributed by atoms with Crippen molar-refractivity contribution in [3.8, 4) is 0 Å². The molecule has 22 heavy (non-hydrogen) atoms. The van der Waals surface area contributed by atoms with Gasteiger partial charge in [-0.1, -0.05) is 12.1 Å². The van der Waals surface area contributed by atoms with Gasteiger partial charge in [-0.3, -0.25) is 9.59 Å². The summed E-state index contributed by atoms with van der Waals surface area (Å²) in [5, 5.41) is 2.65. The first kappa shape index (κ1) is 16.2. The predicted molar refractivity (Wildman–Crippen MR) is 81.3 cm³/mol. The highest BCUT2D eigenvalue weighted by Crippen LogP contribution is 2.11. The molecule has 1 aliphatic heterocycles. The van der Waals surface area contributed by atoms with Crippen molar-refractivity contribution in [3.05, 3.63) is 35.9 Å². The Bertz CT molecular complexity index is 695. The number of benzene rings is 1. The smallest absolute Gasteiger partial charge is 0.247 e. The highest BCUT2D eigenvalue weighted by Gasteiger charge is 2.18. The molecule has 2 amide bonds. The number of amides is 2. The van der Waals surface area contributed by atoms with Gasteiger partial charge in [0.25, 0.3) is 0 Å². The third-order valence-corrected chi connectivity index (χ3v) is 4.66. The van der Waals surface area contributed by atoms with E-state index in [1.165, 1.54) is 30.2 Å². The van der Waals surface area contributed by atoms with Crippen molar-refractivity contribution in [2.75, 3.05) is 26.7 Å². The minimum atomic E-state index is -3.46. The van der Waals surface area contributed by atoms with E-state index in [4.69, 9.17) is 0 Å². The van der Waals surface area contributed by atoms with Crippen LogP contribution >= 0.6 is 0 Å².